The van der Waals surface area contributed by atoms with E-state index in [0.29, 0.717) is 19.8 Å². The Morgan fingerprint density at radius 3 is 2.69 bits per heavy atom. The largest absolute Gasteiger partial charge is 0.377 e. The van der Waals surface area contributed by atoms with E-state index < -0.39 is 5.60 Å². The number of nitrogens with zero attached hydrogens (tertiary/aromatic N) is 3. The second-order valence-electron chi connectivity index (χ2n) is 6.91. The molecule has 1 atom stereocenters. The zero-order chi connectivity index (χ0) is 17.8. The van der Waals surface area contributed by atoms with E-state index in [0.717, 1.165) is 25.3 Å². The minimum Gasteiger partial charge on any atom is -0.377 e. The van der Waals surface area contributed by atoms with E-state index in [-0.39, 0.29) is 12.5 Å². The molecule has 2 fully saturated rings. The van der Waals surface area contributed by atoms with Gasteiger partial charge in [-0.05, 0) is 29.8 Å². The van der Waals surface area contributed by atoms with Gasteiger partial charge in [0.25, 0.3) is 5.91 Å². The predicted octanol–water partition coefficient (Wildman–Crippen LogP) is 1.72. The summed E-state index contributed by atoms with van der Waals surface area (Å²) in [5.41, 5.74) is 1.61. The summed E-state index contributed by atoms with van der Waals surface area (Å²) in [7, 11) is 0. The second kappa shape index (κ2) is 7.53. The number of anilines is 1. The summed E-state index contributed by atoms with van der Waals surface area (Å²) < 4.78 is 11.9. The molecule has 0 saturated carbocycles. The smallest absolute Gasteiger partial charge is 0.253 e. The van der Waals surface area contributed by atoms with Gasteiger partial charge >= 0.3 is 0 Å². The highest BCUT2D eigenvalue weighted by molar-refractivity contribution is 5.95. The fraction of sp³-hybridized carbons (Fsp3) is 0.400. The molecular formula is C20H23N3O3. The number of pyridine rings is 1. The third kappa shape index (κ3) is 3.77. The number of morpholine rings is 1. The summed E-state index contributed by atoms with van der Waals surface area (Å²) in [6, 6.07) is 13.8. The van der Waals surface area contributed by atoms with Gasteiger partial charge in [-0.3, -0.25) is 14.7 Å². The Morgan fingerprint density at radius 1 is 1.08 bits per heavy atom. The molecule has 0 bridgehead atoms. The Hall–Kier alpha value is -2.28. The van der Waals surface area contributed by atoms with E-state index in [1.807, 2.05) is 59.8 Å². The van der Waals surface area contributed by atoms with Crippen LogP contribution in [-0.2, 0) is 20.8 Å². The minimum absolute atomic E-state index is 0.00763. The molecule has 6 nitrogen and oxygen atoms in total. The van der Waals surface area contributed by atoms with E-state index in [1.165, 1.54) is 5.56 Å². The van der Waals surface area contributed by atoms with Gasteiger partial charge in [0.1, 0.15) is 12.2 Å². The molecule has 0 aliphatic carbocycles. The van der Waals surface area contributed by atoms with Crippen LogP contribution in [-0.4, -0.2) is 60.8 Å². The molecule has 6 heteroatoms. The number of ether oxygens (including phenoxy) is 2. The molecule has 2 saturated heterocycles. The topological polar surface area (TPSA) is 54.9 Å². The number of amides is 1. The van der Waals surface area contributed by atoms with E-state index in [9.17, 15) is 4.79 Å². The molecule has 2 aliphatic rings. The number of aromatic nitrogens is 1. The van der Waals surface area contributed by atoms with Gasteiger partial charge in [-0.1, -0.05) is 18.2 Å². The molecule has 0 N–H and O–H groups in total. The Kier molecular flexibility index (Phi) is 4.97. The molecule has 26 heavy (non-hydrogen) atoms. The molecule has 2 aromatic rings. The molecule has 1 aromatic carbocycles. The van der Waals surface area contributed by atoms with Gasteiger partial charge in [-0.25, -0.2) is 0 Å². The lowest BCUT2D eigenvalue weighted by Crippen LogP contribution is -2.60. The molecule has 2 aliphatic heterocycles. The SMILES string of the molecule is O=C1CO[C@@]2(COCCN(Cc3ccncc3)C2)CN1c1ccccc1. The van der Waals surface area contributed by atoms with Crippen LogP contribution in [0.2, 0.25) is 0 Å². The van der Waals surface area contributed by atoms with Gasteiger partial charge in [0.05, 0.1) is 19.8 Å². The van der Waals surface area contributed by atoms with Gasteiger partial charge < -0.3 is 14.4 Å². The first-order valence-electron chi connectivity index (χ1n) is 8.93. The average molecular weight is 353 g/mol. The van der Waals surface area contributed by atoms with E-state index in [2.05, 4.69) is 9.88 Å². The normalized spacial score (nSPS) is 24.6. The highest BCUT2D eigenvalue weighted by Gasteiger charge is 2.43. The van der Waals surface area contributed by atoms with Crippen LogP contribution in [0.25, 0.3) is 0 Å². The van der Waals surface area contributed by atoms with Crippen LogP contribution in [0, 0.1) is 0 Å². The van der Waals surface area contributed by atoms with E-state index in [1.54, 1.807) is 0 Å². The van der Waals surface area contributed by atoms with Gasteiger partial charge in [-0.15, -0.1) is 0 Å². The summed E-state index contributed by atoms with van der Waals surface area (Å²) in [4.78, 5) is 20.7. The van der Waals surface area contributed by atoms with Crippen LogP contribution in [0.4, 0.5) is 5.69 Å². The summed E-state index contributed by atoms with van der Waals surface area (Å²) >= 11 is 0. The van der Waals surface area contributed by atoms with Crippen molar-refractivity contribution in [3.8, 4) is 0 Å². The number of para-hydroxylation sites is 1. The summed E-state index contributed by atoms with van der Waals surface area (Å²) in [6.07, 6.45) is 3.62. The summed E-state index contributed by atoms with van der Waals surface area (Å²) in [5, 5.41) is 0. The molecule has 1 amide bonds. The first kappa shape index (κ1) is 17.1. The van der Waals surface area contributed by atoms with Crippen molar-refractivity contribution in [3.05, 3.63) is 60.4 Å². The maximum Gasteiger partial charge on any atom is 0.253 e. The number of hydrogen-bond donors (Lipinski definition) is 0. The molecule has 3 heterocycles. The van der Waals surface area contributed by atoms with Crippen LogP contribution in [0.1, 0.15) is 5.56 Å². The first-order valence-corrected chi connectivity index (χ1v) is 8.93. The van der Waals surface area contributed by atoms with Crippen LogP contribution < -0.4 is 4.90 Å². The van der Waals surface area contributed by atoms with Crippen molar-refractivity contribution in [2.24, 2.45) is 0 Å². The number of carbonyl (C=O) groups is 1. The van der Waals surface area contributed by atoms with E-state index in [4.69, 9.17) is 9.47 Å². The zero-order valence-corrected chi connectivity index (χ0v) is 14.7. The fourth-order valence-electron chi connectivity index (χ4n) is 3.61. The molecule has 4 rings (SSSR count). The highest BCUT2D eigenvalue weighted by Crippen LogP contribution is 2.27. The lowest BCUT2D eigenvalue weighted by molar-refractivity contribution is -0.146. The minimum atomic E-state index is -0.507. The highest BCUT2D eigenvalue weighted by atomic mass is 16.6. The van der Waals surface area contributed by atoms with Gasteiger partial charge in [0, 0.05) is 37.7 Å². The maximum atomic E-state index is 12.4. The molecule has 136 valence electrons. The van der Waals surface area contributed by atoms with Crippen LogP contribution in [0.15, 0.2) is 54.9 Å². The third-order valence-electron chi connectivity index (χ3n) is 4.90. The third-order valence-corrected chi connectivity index (χ3v) is 4.90. The van der Waals surface area contributed by atoms with Gasteiger partial charge in [-0.2, -0.15) is 0 Å². The Balaban J connectivity index is 1.53. The lowest BCUT2D eigenvalue weighted by atomic mass is 10.0. The Morgan fingerprint density at radius 2 is 1.88 bits per heavy atom. The van der Waals surface area contributed by atoms with Crippen molar-refractivity contribution >= 4 is 11.6 Å². The maximum absolute atomic E-state index is 12.4. The summed E-state index contributed by atoms with van der Waals surface area (Å²) in [6.45, 7) is 4.13. The molecular weight excluding hydrogens is 330 g/mol. The van der Waals surface area contributed by atoms with Crippen LogP contribution in [0.3, 0.4) is 0 Å². The standard InChI is InChI=1S/C20H23N3O3/c24-19-13-26-20(15-23(19)18-4-2-1-3-5-18)14-22(10-11-25-16-20)12-17-6-8-21-9-7-17/h1-9H,10-16H2/t20-/m1/s1. The molecule has 0 unspecified atom stereocenters. The average Bonchev–Trinajstić information content (AvgIpc) is 2.88. The van der Waals surface area contributed by atoms with Gasteiger partial charge in [0.15, 0.2) is 0 Å². The molecule has 1 aromatic heterocycles. The van der Waals surface area contributed by atoms with E-state index >= 15 is 0 Å². The van der Waals surface area contributed by atoms with Gasteiger partial charge in [0.2, 0.25) is 0 Å². The second-order valence-corrected chi connectivity index (χ2v) is 6.91. The predicted molar refractivity (Wildman–Crippen MR) is 97.8 cm³/mol. The van der Waals surface area contributed by atoms with Crippen LogP contribution >= 0.6 is 0 Å². The number of carbonyl (C=O) groups excluding carboxylic acids is 1. The quantitative estimate of drug-likeness (QED) is 0.841. The first-order chi connectivity index (χ1) is 12.7. The summed E-state index contributed by atoms with van der Waals surface area (Å²) in [5.74, 6) is -0.00763. The van der Waals surface area contributed by atoms with Crippen molar-refractivity contribution in [2.45, 2.75) is 12.1 Å². The van der Waals surface area contributed by atoms with Crippen molar-refractivity contribution in [1.82, 2.24) is 9.88 Å². The Bertz CT molecular complexity index is 740. The lowest BCUT2D eigenvalue weighted by Gasteiger charge is -2.43. The number of benzene rings is 1. The Labute approximate surface area is 153 Å². The fourth-order valence-corrected chi connectivity index (χ4v) is 3.61. The number of rotatable bonds is 3. The van der Waals surface area contributed by atoms with Crippen LogP contribution in [0.5, 0.6) is 0 Å². The monoisotopic (exact) mass is 353 g/mol. The molecule has 1 spiro atoms. The van der Waals surface area contributed by atoms with Crippen molar-refractivity contribution in [3.63, 3.8) is 0 Å². The van der Waals surface area contributed by atoms with Crippen molar-refractivity contribution in [1.29, 1.82) is 0 Å². The molecule has 0 radical (unpaired) electrons. The number of hydrogen-bond acceptors (Lipinski definition) is 5. The van der Waals surface area contributed by atoms with Crippen molar-refractivity contribution < 1.29 is 14.3 Å². The zero-order valence-electron chi connectivity index (χ0n) is 14.7. The van der Waals surface area contributed by atoms with Crippen molar-refractivity contribution in [2.75, 3.05) is 44.4 Å².